The number of carbonyl (C=O) groups is 1. The van der Waals surface area contributed by atoms with Gasteiger partial charge in [-0.1, -0.05) is 22.6 Å². The highest BCUT2D eigenvalue weighted by Gasteiger charge is 2.16. The average molecular weight is 442 g/mol. The molecular formula is C20H19N5O3S2. The molecule has 0 atom stereocenters. The number of hydrogen-bond donors (Lipinski definition) is 1. The van der Waals surface area contributed by atoms with Crippen LogP contribution < -0.4 is 10.2 Å². The number of aromatic nitrogens is 3. The van der Waals surface area contributed by atoms with E-state index in [4.69, 9.17) is 14.2 Å². The van der Waals surface area contributed by atoms with Gasteiger partial charge in [-0.05, 0) is 29.6 Å². The minimum absolute atomic E-state index is 0.0943. The van der Waals surface area contributed by atoms with Gasteiger partial charge in [0, 0.05) is 31.6 Å². The van der Waals surface area contributed by atoms with E-state index in [1.807, 2.05) is 35.7 Å². The molecule has 0 saturated carbocycles. The molecule has 154 valence electrons. The van der Waals surface area contributed by atoms with Crippen molar-refractivity contribution >= 4 is 49.6 Å². The largest absolute Gasteiger partial charge is 0.378 e. The Kier molecular flexibility index (Phi) is 5.43. The number of nitrogens with zero attached hydrogens (tertiary/aromatic N) is 4. The minimum Gasteiger partial charge on any atom is -0.378 e. The van der Waals surface area contributed by atoms with E-state index in [9.17, 15) is 4.79 Å². The van der Waals surface area contributed by atoms with E-state index >= 15 is 0 Å². The number of ether oxygens (including phenoxy) is 1. The van der Waals surface area contributed by atoms with Crippen LogP contribution in [0.5, 0.6) is 0 Å². The third-order valence-corrected chi connectivity index (χ3v) is 6.66. The van der Waals surface area contributed by atoms with Crippen LogP contribution in [0, 0.1) is 0 Å². The summed E-state index contributed by atoms with van der Waals surface area (Å²) in [5, 5.41) is 9.87. The molecule has 0 radical (unpaired) electrons. The normalized spacial score (nSPS) is 14.3. The van der Waals surface area contributed by atoms with Gasteiger partial charge in [0.05, 0.1) is 28.3 Å². The van der Waals surface area contributed by atoms with Crippen molar-refractivity contribution in [3.05, 3.63) is 41.6 Å². The summed E-state index contributed by atoms with van der Waals surface area (Å²) in [6.45, 7) is 3.17. The van der Waals surface area contributed by atoms with Crippen molar-refractivity contribution < 1.29 is 14.1 Å². The maximum Gasteiger partial charge on any atom is 0.227 e. The molecule has 1 aromatic carbocycles. The van der Waals surface area contributed by atoms with Gasteiger partial charge in [-0.15, -0.1) is 11.3 Å². The summed E-state index contributed by atoms with van der Waals surface area (Å²) in [4.78, 5) is 24.6. The van der Waals surface area contributed by atoms with Gasteiger partial charge in [0.25, 0.3) is 0 Å². The average Bonchev–Trinajstić information content (AvgIpc) is 3.52. The van der Waals surface area contributed by atoms with Crippen LogP contribution in [0.3, 0.4) is 0 Å². The van der Waals surface area contributed by atoms with Crippen LogP contribution in [-0.2, 0) is 16.0 Å². The fourth-order valence-corrected chi connectivity index (χ4v) is 4.89. The Morgan fingerprint density at radius 1 is 1.20 bits per heavy atom. The topological polar surface area (TPSA) is 93.4 Å². The fourth-order valence-electron chi connectivity index (χ4n) is 3.19. The number of nitrogens with one attached hydrogen (secondary N) is 1. The molecule has 3 aromatic heterocycles. The summed E-state index contributed by atoms with van der Waals surface area (Å²) in [6.07, 6.45) is 0.667. The molecule has 0 bridgehead atoms. The van der Waals surface area contributed by atoms with Crippen LogP contribution in [0.1, 0.15) is 12.3 Å². The zero-order valence-corrected chi connectivity index (χ0v) is 17.7. The summed E-state index contributed by atoms with van der Waals surface area (Å²) in [7, 11) is 0. The van der Waals surface area contributed by atoms with Crippen LogP contribution in [0.15, 0.2) is 40.2 Å². The molecule has 1 N–H and O–H groups in total. The molecule has 4 aromatic rings. The second-order valence-electron chi connectivity index (χ2n) is 6.82. The molecule has 30 heavy (non-hydrogen) atoms. The van der Waals surface area contributed by atoms with E-state index in [0.29, 0.717) is 18.1 Å². The molecule has 8 nitrogen and oxygen atoms in total. The highest BCUT2D eigenvalue weighted by molar-refractivity contribution is 7.22. The number of thiophene rings is 1. The molecule has 0 aliphatic carbocycles. The first kappa shape index (κ1) is 19.2. The summed E-state index contributed by atoms with van der Waals surface area (Å²) in [5.74, 6) is 0.928. The zero-order chi connectivity index (χ0) is 20.3. The highest BCUT2D eigenvalue weighted by Crippen LogP contribution is 2.31. The van der Waals surface area contributed by atoms with Crippen molar-refractivity contribution in [3.8, 4) is 10.7 Å². The van der Waals surface area contributed by atoms with E-state index < -0.39 is 0 Å². The Labute approximate surface area is 180 Å². The van der Waals surface area contributed by atoms with E-state index in [2.05, 4.69) is 20.4 Å². The molecule has 1 amide bonds. The Morgan fingerprint density at radius 2 is 2.10 bits per heavy atom. The number of hydrogen-bond acceptors (Lipinski definition) is 9. The molecule has 1 fully saturated rings. The van der Waals surface area contributed by atoms with Gasteiger partial charge in [-0.2, -0.15) is 4.98 Å². The van der Waals surface area contributed by atoms with E-state index in [-0.39, 0.29) is 12.3 Å². The first-order valence-electron chi connectivity index (χ1n) is 9.64. The molecule has 1 aliphatic heterocycles. The quantitative estimate of drug-likeness (QED) is 0.486. The van der Waals surface area contributed by atoms with Crippen LogP contribution in [0.2, 0.25) is 0 Å². The second-order valence-corrected chi connectivity index (χ2v) is 8.77. The van der Waals surface area contributed by atoms with Gasteiger partial charge in [0.1, 0.15) is 0 Å². The van der Waals surface area contributed by atoms with Crippen molar-refractivity contribution in [2.24, 2.45) is 0 Å². The lowest BCUT2D eigenvalue weighted by Crippen LogP contribution is -2.36. The summed E-state index contributed by atoms with van der Waals surface area (Å²) in [5.41, 5.74) is 1.70. The molecule has 1 aliphatic rings. The zero-order valence-electron chi connectivity index (χ0n) is 16.0. The Hall–Kier alpha value is -2.82. The smallest absolute Gasteiger partial charge is 0.227 e. The van der Waals surface area contributed by atoms with Crippen molar-refractivity contribution in [2.75, 3.05) is 36.5 Å². The minimum atomic E-state index is -0.0943. The van der Waals surface area contributed by atoms with E-state index in [1.165, 1.54) is 0 Å². The van der Waals surface area contributed by atoms with Gasteiger partial charge in [0.15, 0.2) is 5.13 Å². The van der Waals surface area contributed by atoms with Gasteiger partial charge >= 0.3 is 0 Å². The first-order chi connectivity index (χ1) is 14.7. The lowest BCUT2D eigenvalue weighted by atomic mass is 10.2. The molecule has 0 spiro atoms. The number of aryl methyl sites for hydroxylation is 1. The predicted molar refractivity (Wildman–Crippen MR) is 117 cm³/mol. The standard InChI is InChI=1S/C20H19N5O3S2/c26-17(5-6-18-23-19(24-28-18)15-2-1-11-29-15)21-13-3-4-14-16(12-13)30-20(22-14)25-7-9-27-10-8-25/h1-4,11-12H,5-10H2,(H,21,26). The fraction of sp³-hybridized carbons (Fsp3) is 0.300. The van der Waals surface area contributed by atoms with Crippen molar-refractivity contribution in [2.45, 2.75) is 12.8 Å². The third-order valence-electron chi connectivity index (χ3n) is 4.72. The maximum atomic E-state index is 12.4. The maximum absolute atomic E-state index is 12.4. The molecule has 5 rings (SSSR count). The summed E-state index contributed by atoms with van der Waals surface area (Å²) in [6, 6.07) is 9.66. The van der Waals surface area contributed by atoms with Gasteiger partial charge < -0.3 is 19.5 Å². The number of thiazole rings is 1. The predicted octanol–water partition coefficient (Wildman–Crippen LogP) is 3.82. The van der Waals surface area contributed by atoms with Gasteiger partial charge in [-0.3, -0.25) is 4.79 Å². The van der Waals surface area contributed by atoms with Crippen LogP contribution >= 0.6 is 22.7 Å². The molecule has 10 heteroatoms. The van der Waals surface area contributed by atoms with Gasteiger partial charge in [0.2, 0.25) is 17.6 Å². The molecule has 0 unspecified atom stereocenters. The highest BCUT2D eigenvalue weighted by atomic mass is 32.1. The first-order valence-corrected chi connectivity index (χ1v) is 11.3. The van der Waals surface area contributed by atoms with Crippen molar-refractivity contribution in [3.63, 3.8) is 0 Å². The number of fused-ring (bicyclic) bond motifs is 1. The number of carbonyl (C=O) groups excluding carboxylic acids is 1. The second kappa shape index (κ2) is 8.50. The Morgan fingerprint density at radius 3 is 2.93 bits per heavy atom. The lowest BCUT2D eigenvalue weighted by molar-refractivity contribution is -0.116. The van der Waals surface area contributed by atoms with Crippen LogP contribution in [-0.4, -0.2) is 47.3 Å². The number of morpholine rings is 1. The van der Waals surface area contributed by atoms with Gasteiger partial charge in [-0.25, -0.2) is 4.98 Å². The monoisotopic (exact) mass is 441 g/mol. The Bertz CT molecular complexity index is 1150. The number of amides is 1. The summed E-state index contributed by atoms with van der Waals surface area (Å²) < 4.78 is 11.7. The van der Waals surface area contributed by atoms with Crippen LogP contribution in [0.25, 0.3) is 20.9 Å². The Balaban J connectivity index is 1.20. The van der Waals surface area contributed by atoms with E-state index in [0.717, 1.165) is 52.2 Å². The van der Waals surface area contributed by atoms with Crippen molar-refractivity contribution in [1.82, 2.24) is 15.1 Å². The summed E-state index contributed by atoms with van der Waals surface area (Å²) >= 11 is 3.18. The lowest BCUT2D eigenvalue weighted by Gasteiger charge is -2.25. The number of benzene rings is 1. The van der Waals surface area contributed by atoms with Crippen molar-refractivity contribution in [1.29, 1.82) is 0 Å². The number of anilines is 2. The molecular weight excluding hydrogens is 422 g/mol. The van der Waals surface area contributed by atoms with Crippen LogP contribution in [0.4, 0.5) is 10.8 Å². The molecule has 4 heterocycles. The number of rotatable bonds is 6. The van der Waals surface area contributed by atoms with E-state index in [1.54, 1.807) is 22.7 Å². The molecule has 1 saturated heterocycles. The SMILES string of the molecule is O=C(CCc1nc(-c2cccs2)no1)Nc1ccc2nc(N3CCOCC3)sc2c1. The third kappa shape index (κ3) is 4.20.